The van der Waals surface area contributed by atoms with Crippen LogP contribution in [-0.4, -0.2) is 20.6 Å². The summed E-state index contributed by atoms with van der Waals surface area (Å²) >= 11 is 14.8. The van der Waals surface area contributed by atoms with Gasteiger partial charge in [-0.2, -0.15) is 20.6 Å². The molecule has 9 heteroatoms. The van der Waals surface area contributed by atoms with Crippen molar-refractivity contribution >= 4 is 69.5 Å². The first kappa shape index (κ1) is 29.3. The fourth-order valence-corrected chi connectivity index (χ4v) is 0. The van der Waals surface area contributed by atoms with Crippen LogP contribution in [0.15, 0.2) is 0 Å². The van der Waals surface area contributed by atoms with Gasteiger partial charge < -0.3 is 21.6 Å². The zero-order valence-electron chi connectivity index (χ0n) is 5.76. The Bertz CT molecular complexity index is 156. The average Bonchev–Trinajstić information content (AvgIpc) is 1.92. The largest absolute Gasteiger partial charge is 0.753 e. The summed E-state index contributed by atoms with van der Waals surface area (Å²) in [4.78, 5) is 0. The predicted molar refractivity (Wildman–Crippen MR) is 63.8 cm³/mol. The minimum atomic E-state index is 0. The predicted octanol–water partition coefficient (Wildman–Crippen LogP) is 2.63. The Morgan fingerprint density at radius 1 is 0.538 bits per heavy atom. The molecule has 0 saturated carbocycles. The molecule has 0 aromatic heterocycles. The van der Waals surface area contributed by atoms with Crippen LogP contribution < -0.4 is 0 Å². The minimum Gasteiger partial charge on any atom is -0.753 e. The Hall–Kier alpha value is -0.294. The van der Waals surface area contributed by atoms with E-state index in [4.69, 9.17) is 21.6 Å². The molecule has 0 saturated heterocycles. The van der Waals surface area contributed by atoms with Gasteiger partial charge in [0.25, 0.3) is 0 Å². The second-order valence-corrected chi connectivity index (χ2v) is 1.10. The van der Waals surface area contributed by atoms with E-state index < -0.39 is 0 Å². The van der Waals surface area contributed by atoms with Crippen LogP contribution in [0.3, 0.4) is 0 Å². The molecule has 0 N–H and O–H groups in total. The van der Waals surface area contributed by atoms with Crippen LogP contribution in [0.4, 0.5) is 0 Å². The zero-order chi connectivity index (χ0) is 10.8. The van der Waals surface area contributed by atoms with Crippen molar-refractivity contribution in [1.82, 2.24) is 0 Å². The Morgan fingerprint density at radius 3 is 0.538 bits per heavy atom. The van der Waals surface area contributed by atoms with Gasteiger partial charge in [0.05, 0.1) is 0 Å². The van der Waals surface area contributed by atoms with Crippen LogP contribution in [0, 0.1) is 0 Å². The van der Waals surface area contributed by atoms with Crippen molar-refractivity contribution in [3.63, 3.8) is 0 Å². The molecule has 0 aliphatic rings. The van der Waals surface area contributed by atoms with E-state index in [2.05, 4.69) is 48.9 Å². The van der Waals surface area contributed by atoms with Crippen LogP contribution in [-0.2, 0) is 16.8 Å². The molecule has 0 aliphatic heterocycles. The van der Waals surface area contributed by atoms with Gasteiger partial charge in [-0.25, -0.2) is 0 Å². The van der Waals surface area contributed by atoms with Gasteiger partial charge in [0.2, 0.25) is 0 Å². The van der Waals surface area contributed by atoms with Gasteiger partial charge >= 0.3 is 0 Å². The maximum atomic E-state index is 7.13. The number of rotatable bonds is 0. The molecule has 0 amide bonds. The van der Waals surface area contributed by atoms with Gasteiger partial charge in [0, 0.05) is 16.8 Å². The van der Waals surface area contributed by atoms with Gasteiger partial charge in [-0.15, -0.1) is 0 Å². The standard InChI is InChI=1S/4CNS.Co/c4*2-1-3;/q4*-1;. The Labute approximate surface area is 107 Å². The Kier molecular flexibility index (Phi) is 220. The summed E-state index contributed by atoms with van der Waals surface area (Å²) in [7, 11) is 0. The van der Waals surface area contributed by atoms with Crippen molar-refractivity contribution in [2.24, 2.45) is 0 Å². The number of thiocarbonyl (C=S) groups is 4. The monoisotopic (exact) mass is 291 g/mol. The second kappa shape index (κ2) is 97.7. The maximum Gasteiger partial charge on any atom is 0 e. The summed E-state index contributed by atoms with van der Waals surface area (Å²) < 4.78 is 0. The normalized spacial score (nSPS) is 2.46. The van der Waals surface area contributed by atoms with E-state index in [1.165, 1.54) is 20.6 Å². The molecule has 13 heavy (non-hydrogen) atoms. The van der Waals surface area contributed by atoms with Crippen molar-refractivity contribution in [3.8, 4) is 0 Å². The number of isothiocyanates is 4. The van der Waals surface area contributed by atoms with Gasteiger partial charge in [0.1, 0.15) is 0 Å². The fourth-order valence-electron chi connectivity index (χ4n) is 0. The van der Waals surface area contributed by atoms with Crippen molar-refractivity contribution in [2.45, 2.75) is 0 Å². The molecule has 0 aliphatic carbocycles. The molecule has 4 nitrogen and oxygen atoms in total. The molecule has 0 aromatic carbocycles. The van der Waals surface area contributed by atoms with Crippen molar-refractivity contribution in [3.05, 3.63) is 21.6 Å². The van der Waals surface area contributed by atoms with Gasteiger partial charge in [0.15, 0.2) is 0 Å². The molecule has 73 valence electrons. The molecule has 0 fully saturated rings. The summed E-state index contributed by atoms with van der Waals surface area (Å²) in [6.07, 6.45) is 0. The zero-order valence-corrected chi connectivity index (χ0v) is 10.1. The molecule has 0 rings (SSSR count). The Balaban J connectivity index is -0.0000000213. The third-order valence-corrected chi connectivity index (χ3v) is 0. The van der Waals surface area contributed by atoms with Crippen LogP contribution in [0.5, 0.6) is 0 Å². The summed E-state index contributed by atoms with van der Waals surface area (Å²) in [5, 5.41) is 33.9. The summed E-state index contributed by atoms with van der Waals surface area (Å²) in [5.41, 5.74) is 0. The van der Waals surface area contributed by atoms with Gasteiger partial charge in [-0.1, -0.05) is 48.9 Å². The smallest absolute Gasteiger partial charge is 0 e. The Morgan fingerprint density at radius 2 is 0.538 bits per heavy atom. The van der Waals surface area contributed by atoms with Crippen LogP contribution >= 0.6 is 48.9 Å². The first-order valence-corrected chi connectivity index (χ1v) is 3.34. The van der Waals surface area contributed by atoms with E-state index >= 15 is 0 Å². The van der Waals surface area contributed by atoms with Crippen LogP contribution in [0.25, 0.3) is 21.6 Å². The molecule has 0 bridgehead atoms. The van der Waals surface area contributed by atoms with Gasteiger partial charge in [-0.05, 0) is 0 Å². The summed E-state index contributed by atoms with van der Waals surface area (Å²) in [6.45, 7) is 0. The van der Waals surface area contributed by atoms with E-state index in [1.807, 2.05) is 0 Å². The summed E-state index contributed by atoms with van der Waals surface area (Å²) in [5.74, 6) is 0. The number of nitrogens with zero attached hydrogens (tertiary/aromatic N) is 4. The van der Waals surface area contributed by atoms with Crippen molar-refractivity contribution in [1.29, 1.82) is 0 Å². The second-order valence-electron chi connectivity index (χ2n) is 0.365. The molecule has 0 atom stereocenters. The fraction of sp³-hybridized carbons (Fsp3) is 0. The van der Waals surface area contributed by atoms with E-state index in [1.54, 1.807) is 0 Å². The first-order chi connectivity index (χ1) is 5.66. The molecular weight excluding hydrogens is 291 g/mol. The molecule has 1 radical (unpaired) electrons. The van der Waals surface area contributed by atoms with E-state index in [9.17, 15) is 0 Å². The van der Waals surface area contributed by atoms with Crippen molar-refractivity contribution < 1.29 is 16.8 Å². The molecule has 0 aromatic rings. The van der Waals surface area contributed by atoms with Crippen LogP contribution in [0.2, 0.25) is 0 Å². The number of hydrogen-bond acceptors (Lipinski definition) is 4. The number of hydrogen-bond donors (Lipinski definition) is 0. The third-order valence-electron chi connectivity index (χ3n) is 0. The van der Waals surface area contributed by atoms with Crippen molar-refractivity contribution in [2.75, 3.05) is 0 Å². The van der Waals surface area contributed by atoms with E-state index in [0.29, 0.717) is 0 Å². The maximum absolute atomic E-state index is 7.13. The average molecular weight is 291 g/mol. The topological polar surface area (TPSA) is 89.2 Å². The first-order valence-electron chi connectivity index (χ1n) is 1.71. The molecule has 0 unspecified atom stereocenters. The molecule has 0 spiro atoms. The summed E-state index contributed by atoms with van der Waals surface area (Å²) in [6, 6.07) is 0. The molecular formula is C4CoN4S4-4. The van der Waals surface area contributed by atoms with Gasteiger partial charge in [-0.3, -0.25) is 0 Å². The molecule has 0 heterocycles. The third kappa shape index (κ3) is 12800. The van der Waals surface area contributed by atoms with E-state index in [-0.39, 0.29) is 16.8 Å². The van der Waals surface area contributed by atoms with Crippen LogP contribution in [0.1, 0.15) is 0 Å². The quantitative estimate of drug-likeness (QED) is 0.507. The SMILES string of the molecule is [Co].[N-]=C=S.[N-]=C=S.[N-]=C=S.[N-]=C=S. The van der Waals surface area contributed by atoms with E-state index in [0.717, 1.165) is 0 Å². The minimum absolute atomic E-state index is 0.